The van der Waals surface area contributed by atoms with Crippen molar-refractivity contribution in [2.45, 2.75) is 24.6 Å². The number of nitrogens with one attached hydrogen (secondary N) is 1. The molecule has 0 unspecified atom stereocenters. The zero-order chi connectivity index (χ0) is 30.9. The van der Waals surface area contributed by atoms with Crippen molar-refractivity contribution in [2.24, 2.45) is 0 Å². The molecule has 0 radical (unpaired) electrons. The summed E-state index contributed by atoms with van der Waals surface area (Å²) < 4.78 is 74.5. The Bertz CT molecular complexity index is 1420. The maximum atomic E-state index is 13.8. The van der Waals surface area contributed by atoms with Gasteiger partial charge in [-0.15, -0.1) is 11.8 Å². The van der Waals surface area contributed by atoms with Gasteiger partial charge >= 0.3 is 18.1 Å². The Hall–Kier alpha value is -3.97. The fourth-order valence-electron chi connectivity index (χ4n) is 3.79. The first-order valence-corrected chi connectivity index (χ1v) is 13.8. The summed E-state index contributed by atoms with van der Waals surface area (Å²) in [5, 5.41) is 2.95. The van der Waals surface area contributed by atoms with E-state index < -0.39 is 42.2 Å². The molecule has 0 saturated heterocycles. The first-order chi connectivity index (χ1) is 19.9. The van der Waals surface area contributed by atoms with Crippen molar-refractivity contribution in [1.82, 2.24) is 10.2 Å². The number of ether oxygens (including phenoxy) is 2. The van der Waals surface area contributed by atoms with E-state index >= 15 is 0 Å². The van der Waals surface area contributed by atoms with Crippen LogP contribution in [0.4, 0.5) is 22.0 Å². The van der Waals surface area contributed by atoms with Crippen LogP contribution in [0.5, 0.6) is 5.75 Å². The molecule has 42 heavy (non-hydrogen) atoms. The second-order valence-corrected chi connectivity index (χ2v) is 9.67. The summed E-state index contributed by atoms with van der Waals surface area (Å²) in [4.78, 5) is 37.7. The Labute approximate surface area is 243 Å². The monoisotopic (exact) mass is 610 g/mol. The molecule has 0 spiro atoms. The van der Waals surface area contributed by atoms with Gasteiger partial charge in [-0.2, -0.15) is 13.2 Å². The third-order valence-corrected chi connectivity index (χ3v) is 6.62. The molecule has 1 amide bonds. The van der Waals surface area contributed by atoms with Crippen LogP contribution >= 0.6 is 11.8 Å². The number of halogens is 5. The van der Waals surface area contributed by atoms with Crippen molar-refractivity contribution in [3.05, 3.63) is 83.4 Å². The zero-order valence-corrected chi connectivity index (χ0v) is 23.4. The minimum atomic E-state index is -5.35. The van der Waals surface area contributed by atoms with Gasteiger partial charge in [-0.3, -0.25) is 4.79 Å². The van der Waals surface area contributed by atoms with Crippen molar-refractivity contribution >= 4 is 29.6 Å². The maximum absolute atomic E-state index is 13.8. The van der Waals surface area contributed by atoms with Crippen LogP contribution in [0.2, 0.25) is 0 Å². The van der Waals surface area contributed by atoms with Gasteiger partial charge in [0.2, 0.25) is 0 Å². The predicted octanol–water partition coefficient (Wildman–Crippen LogP) is 5.62. The maximum Gasteiger partial charge on any atom is 0.491 e. The number of benzene rings is 3. The molecule has 3 aromatic rings. The molecule has 0 aliphatic rings. The number of rotatable bonds is 12. The number of hydrogen-bond acceptors (Lipinski definition) is 7. The number of alkyl halides is 3. The molecule has 0 aliphatic heterocycles. The highest BCUT2D eigenvalue weighted by atomic mass is 32.2. The topological polar surface area (TPSA) is 84.9 Å². The Kier molecular flexibility index (Phi) is 11.5. The Morgan fingerprint density at radius 1 is 0.976 bits per heavy atom. The molecule has 0 atom stereocenters. The third kappa shape index (κ3) is 9.02. The van der Waals surface area contributed by atoms with Crippen LogP contribution < -0.4 is 10.1 Å². The van der Waals surface area contributed by atoms with Gasteiger partial charge < -0.3 is 19.7 Å². The number of thioether (sulfide) groups is 1. The van der Waals surface area contributed by atoms with E-state index in [0.717, 1.165) is 17.0 Å². The van der Waals surface area contributed by atoms with Gasteiger partial charge in [-0.05, 0) is 65.9 Å². The fraction of sp³-hybridized carbons (Fsp3) is 0.276. The van der Waals surface area contributed by atoms with Crippen LogP contribution in [-0.4, -0.2) is 61.4 Å². The molecule has 0 aromatic heterocycles. The molecule has 0 aliphatic carbocycles. The van der Waals surface area contributed by atoms with Crippen LogP contribution in [-0.2, 0) is 20.9 Å². The summed E-state index contributed by atoms with van der Waals surface area (Å²) in [5.74, 6) is -6.25. The number of esters is 2. The SMILES string of the molecule is CCNCCN(CC(=O)OC(=O)C(F)(F)F)C(=O)c1cccc(COc2ccc(-c3cc(F)c(F)cc3SC)cc2)c1. The van der Waals surface area contributed by atoms with Gasteiger partial charge in [0.1, 0.15) is 18.9 Å². The number of carbonyl (C=O) groups is 3. The van der Waals surface area contributed by atoms with Gasteiger partial charge in [0.25, 0.3) is 5.91 Å². The van der Waals surface area contributed by atoms with Gasteiger partial charge in [0.05, 0.1) is 0 Å². The van der Waals surface area contributed by atoms with E-state index in [9.17, 15) is 36.3 Å². The lowest BCUT2D eigenvalue weighted by atomic mass is 10.1. The van der Waals surface area contributed by atoms with Crippen molar-refractivity contribution in [1.29, 1.82) is 0 Å². The molecule has 224 valence electrons. The highest BCUT2D eigenvalue weighted by Gasteiger charge is 2.42. The molecule has 7 nitrogen and oxygen atoms in total. The van der Waals surface area contributed by atoms with Crippen LogP contribution in [0.25, 0.3) is 11.1 Å². The average molecular weight is 611 g/mol. The summed E-state index contributed by atoms with van der Waals surface area (Å²) in [5.41, 5.74) is 1.91. The molecule has 1 N–H and O–H groups in total. The van der Waals surface area contributed by atoms with Crippen molar-refractivity contribution in [3.8, 4) is 16.9 Å². The molecule has 3 aromatic carbocycles. The van der Waals surface area contributed by atoms with E-state index in [1.165, 1.54) is 23.9 Å². The molecule has 13 heteroatoms. The molecular weight excluding hydrogens is 583 g/mol. The normalized spacial score (nSPS) is 11.2. The molecule has 0 heterocycles. The van der Waals surface area contributed by atoms with Gasteiger partial charge in [-0.1, -0.05) is 31.2 Å². The van der Waals surface area contributed by atoms with Crippen LogP contribution in [0, 0.1) is 11.6 Å². The lowest BCUT2D eigenvalue weighted by Crippen LogP contribution is -2.42. The molecule has 0 fully saturated rings. The summed E-state index contributed by atoms with van der Waals surface area (Å²) in [7, 11) is 0. The molecule has 0 saturated carbocycles. The van der Waals surface area contributed by atoms with Gasteiger partial charge in [0, 0.05) is 23.5 Å². The van der Waals surface area contributed by atoms with Crippen LogP contribution in [0.3, 0.4) is 0 Å². The van der Waals surface area contributed by atoms with Crippen molar-refractivity contribution in [3.63, 3.8) is 0 Å². The lowest BCUT2D eigenvalue weighted by molar-refractivity contribution is -0.202. The van der Waals surface area contributed by atoms with Gasteiger partial charge in [0.15, 0.2) is 11.6 Å². The van der Waals surface area contributed by atoms with Crippen molar-refractivity contribution < 1.29 is 45.8 Å². The largest absolute Gasteiger partial charge is 0.491 e. The van der Waals surface area contributed by atoms with E-state index in [1.54, 1.807) is 42.7 Å². The number of amides is 1. The molecular formula is C29H27F5N2O5S. The minimum Gasteiger partial charge on any atom is -0.489 e. The standard InChI is InChI=1S/C29H27F5N2O5S/c1-3-35-11-12-36(16-26(37)41-28(39)29(32,33)34)27(38)20-6-4-5-18(13-20)17-40-21-9-7-19(8-10-21)22-14-23(30)24(31)15-25(22)42-2/h4-10,13-15,35H,3,11-12,16-17H2,1-2H3. The Morgan fingerprint density at radius 2 is 1.67 bits per heavy atom. The number of likely N-dealkylation sites (N-methyl/N-ethyl adjacent to an activating group) is 1. The highest BCUT2D eigenvalue weighted by Crippen LogP contribution is 2.33. The van der Waals surface area contributed by atoms with E-state index in [0.29, 0.717) is 33.9 Å². The van der Waals surface area contributed by atoms with E-state index in [-0.39, 0.29) is 25.3 Å². The summed E-state index contributed by atoms with van der Waals surface area (Å²) in [6.07, 6.45) is -3.59. The molecule has 0 bridgehead atoms. The lowest BCUT2D eigenvalue weighted by Gasteiger charge is -2.22. The average Bonchev–Trinajstić information content (AvgIpc) is 2.96. The minimum absolute atomic E-state index is 0.0364. The Balaban J connectivity index is 1.69. The molecule has 3 rings (SSSR count). The van der Waals surface area contributed by atoms with E-state index in [1.807, 2.05) is 6.92 Å². The zero-order valence-electron chi connectivity index (χ0n) is 22.6. The first-order valence-electron chi connectivity index (χ1n) is 12.6. The van der Waals surface area contributed by atoms with Crippen LogP contribution in [0.1, 0.15) is 22.8 Å². The van der Waals surface area contributed by atoms with E-state index in [4.69, 9.17) is 4.74 Å². The van der Waals surface area contributed by atoms with Crippen molar-refractivity contribution in [2.75, 3.05) is 32.4 Å². The summed E-state index contributed by atoms with van der Waals surface area (Å²) in [6, 6.07) is 15.2. The Morgan fingerprint density at radius 3 is 2.31 bits per heavy atom. The predicted molar refractivity (Wildman–Crippen MR) is 146 cm³/mol. The summed E-state index contributed by atoms with van der Waals surface area (Å²) in [6.45, 7) is 1.74. The van der Waals surface area contributed by atoms with Gasteiger partial charge in [-0.25, -0.2) is 18.4 Å². The first kappa shape index (κ1) is 32.5. The van der Waals surface area contributed by atoms with Crippen LogP contribution in [0.15, 0.2) is 65.6 Å². The number of carbonyl (C=O) groups excluding carboxylic acids is 3. The summed E-state index contributed by atoms with van der Waals surface area (Å²) >= 11 is 1.28. The quantitative estimate of drug-likeness (QED) is 0.0938. The fourth-order valence-corrected chi connectivity index (χ4v) is 4.41. The second-order valence-electron chi connectivity index (χ2n) is 8.82. The smallest absolute Gasteiger partial charge is 0.489 e. The highest BCUT2D eigenvalue weighted by molar-refractivity contribution is 7.98. The number of nitrogens with zero attached hydrogens (tertiary/aromatic N) is 1. The van der Waals surface area contributed by atoms with E-state index in [2.05, 4.69) is 10.1 Å². The third-order valence-electron chi connectivity index (χ3n) is 5.84. The second kappa shape index (κ2) is 14.8. The number of hydrogen-bond donors (Lipinski definition) is 1.